The molecular formula is C29H25NO. The molecule has 31 heavy (non-hydrogen) atoms. The Bertz CT molecular complexity index is 1300. The van der Waals surface area contributed by atoms with Crippen molar-refractivity contribution in [2.24, 2.45) is 4.99 Å². The molecule has 0 radical (unpaired) electrons. The molecule has 0 amide bonds. The molecule has 0 fully saturated rings. The maximum Gasteiger partial charge on any atom is 0.0794 e. The van der Waals surface area contributed by atoms with Gasteiger partial charge < -0.3 is 5.11 Å². The number of nitrogens with zero attached hydrogens (tertiary/aromatic N) is 1. The molecule has 0 heterocycles. The van der Waals surface area contributed by atoms with Gasteiger partial charge in [-0.05, 0) is 58.4 Å². The monoisotopic (exact) mass is 403 g/mol. The maximum absolute atomic E-state index is 9.35. The van der Waals surface area contributed by atoms with Gasteiger partial charge in [0.2, 0.25) is 0 Å². The van der Waals surface area contributed by atoms with Gasteiger partial charge in [-0.2, -0.15) is 0 Å². The number of hydrogen-bond acceptors (Lipinski definition) is 2. The highest BCUT2D eigenvalue weighted by atomic mass is 16.3. The second-order valence-corrected chi connectivity index (χ2v) is 8.06. The Kier molecular flexibility index (Phi) is 5.01. The van der Waals surface area contributed by atoms with Crippen molar-refractivity contribution in [1.29, 1.82) is 0 Å². The van der Waals surface area contributed by atoms with Crippen molar-refractivity contribution >= 4 is 11.4 Å². The zero-order chi connectivity index (χ0) is 21.4. The van der Waals surface area contributed by atoms with E-state index in [1.54, 1.807) is 0 Å². The molecule has 5 rings (SSSR count). The van der Waals surface area contributed by atoms with Crippen LogP contribution < -0.4 is 0 Å². The number of aliphatic hydroxyl groups excluding tert-OH is 1. The molecule has 0 unspecified atom stereocenters. The summed E-state index contributed by atoms with van der Waals surface area (Å²) in [6, 6.07) is 29.7. The molecule has 1 aliphatic rings. The van der Waals surface area contributed by atoms with Crippen molar-refractivity contribution in [3.05, 3.63) is 113 Å². The third-order valence-electron chi connectivity index (χ3n) is 6.14. The highest BCUT2D eigenvalue weighted by Gasteiger charge is 2.25. The highest BCUT2D eigenvalue weighted by Crippen LogP contribution is 2.40. The molecular weight excluding hydrogens is 378 g/mol. The van der Waals surface area contributed by atoms with E-state index < -0.39 is 0 Å². The Morgan fingerprint density at radius 2 is 1.42 bits per heavy atom. The Balaban J connectivity index is 1.70. The highest BCUT2D eigenvalue weighted by molar-refractivity contribution is 6.25. The van der Waals surface area contributed by atoms with Crippen LogP contribution in [0.15, 0.2) is 89.9 Å². The number of benzene rings is 4. The van der Waals surface area contributed by atoms with Crippen LogP contribution in [0.3, 0.4) is 0 Å². The number of aliphatic hydroxyl groups is 1. The van der Waals surface area contributed by atoms with E-state index in [2.05, 4.69) is 86.6 Å². The zero-order valence-corrected chi connectivity index (χ0v) is 17.9. The lowest BCUT2D eigenvalue weighted by molar-refractivity contribution is 0.282. The first kappa shape index (κ1) is 19.5. The first-order valence-electron chi connectivity index (χ1n) is 10.8. The van der Waals surface area contributed by atoms with Crippen LogP contribution in [0.1, 0.15) is 34.7 Å². The molecule has 4 aromatic carbocycles. The maximum atomic E-state index is 9.35. The van der Waals surface area contributed by atoms with Crippen LogP contribution in [0, 0.1) is 6.92 Å². The van der Waals surface area contributed by atoms with Crippen molar-refractivity contribution in [1.82, 2.24) is 0 Å². The van der Waals surface area contributed by atoms with E-state index >= 15 is 0 Å². The smallest absolute Gasteiger partial charge is 0.0794 e. The van der Waals surface area contributed by atoms with Gasteiger partial charge in [-0.1, -0.05) is 85.8 Å². The van der Waals surface area contributed by atoms with E-state index in [4.69, 9.17) is 4.99 Å². The molecule has 0 atom stereocenters. The summed E-state index contributed by atoms with van der Waals surface area (Å²) in [5.74, 6) is 0. The average molecular weight is 404 g/mol. The molecule has 1 aliphatic carbocycles. The Morgan fingerprint density at radius 1 is 0.710 bits per heavy atom. The summed E-state index contributed by atoms with van der Waals surface area (Å²) in [6.45, 7) is 4.38. The van der Waals surface area contributed by atoms with Crippen LogP contribution in [0.25, 0.3) is 22.3 Å². The van der Waals surface area contributed by atoms with E-state index in [1.165, 1.54) is 33.4 Å². The molecule has 152 valence electrons. The van der Waals surface area contributed by atoms with E-state index in [0.717, 1.165) is 34.5 Å². The largest absolute Gasteiger partial charge is 0.392 e. The molecule has 2 nitrogen and oxygen atoms in total. The van der Waals surface area contributed by atoms with Gasteiger partial charge in [0.15, 0.2) is 0 Å². The fourth-order valence-electron chi connectivity index (χ4n) is 4.42. The van der Waals surface area contributed by atoms with Crippen molar-refractivity contribution in [2.45, 2.75) is 26.9 Å². The molecule has 0 aromatic heterocycles. The Hall–Kier alpha value is -3.49. The molecule has 0 saturated carbocycles. The quantitative estimate of drug-likeness (QED) is 0.349. The normalized spacial score (nSPS) is 13.3. The summed E-state index contributed by atoms with van der Waals surface area (Å²) >= 11 is 0. The minimum atomic E-state index is 0.0623. The predicted molar refractivity (Wildman–Crippen MR) is 129 cm³/mol. The molecule has 1 N–H and O–H groups in total. The van der Waals surface area contributed by atoms with Gasteiger partial charge in [0.25, 0.3) is 0 Å². The van der Waals surface area contributed by atoms with Crippen LogP contribution in [-0.4, -0.2) is 10.8 Å². The minimum Gasteiger partial charge on any atom is -0.392 e. The zero-order valence-electron chi connectivity index (χ0n) is 17.9. The number of para-hydroxylation sites is 1. The second-order valence-electron chi connectivity index (χ2n) is 8.06. The van der Waals surface area contributed by atoms with E-state index in [9.17, 15) is 5.11 Å². The lowest BCUT2D eigenvalue weighted by Gasteiger charge is -2.10. The van der Waals surface area contributed by atoms with Gasteiger partial charge in [0.1, 0.15) is 0 Å². The standard InChI is InChI=1S/C29H25NO/c1-3-21-8-6-7-19(2)28(21)30-29-26-10-5-4-9-24(26)25-16-15-23(17-27(25)29)22-13-11-20(18-31)12-14-22/h4-17,31H,3,18H2,1-2H3. The first-order valence-corrected chi connectivity index (χ1v) is 10.8. The predicted octanol–water partition coefficient (Wildman–Crippen LogP) is 6.87. The number of aryl methyl sites for hydroxylation is 2. The molecule has 2 heteroatoms. The molecule has 0 spiro atoms. The van der Waals surface area contributed by atoms with Crippen LogP contribution in [-0.2, 0) is 13.0 Å². The van der Waals surface area contributed by atoms with Gasteiger partial charge in [0, 0.05) is 11.1 Å². The lowest BCUT2D eigenvalue weighted by Crippen LogP contribution is -1.99. The number of aliphatic imine (C=N–C) groups is 1. The first-order chi connectivity index (χ1) is 15.2. The lowest BCUT2D eigenvalue weighted by atomic mass is 9.98. The number of rotatable bonds is 4. The Labute approximate surface area is 183 Å². The summed E-state index contributed by atoms with van der Waals surface area (Å²) < 4.78 is 0. The second kappa shape index (κ2) is 7.98. The summed E-state index contributed by atoms with van der Waals surface area (Å²) in [5.41, 5.74) is 12.7. The summed E-state index contributed by atoms with van der Waals surface area (Å²) in [4.78, 5) is 5.26. The SMILES string of the molecule is CCc1cccc(C)c1N=C1c2ccccc2-c2ccc(-c3ccc(CO)cc3)cc21. The minimum absolute atomic E-state index is 0.0623. The fraction of sp³-hybridized carbons (Fsp3) is 0.138. The molecule has 0 bridgehead atoms. The van der Waals surface area contributed by atoms with Crippen LogP contribution >= 0.6 is 0 Å². The third kappa shape index (κ3) is 3.39. The van der Waals surface area contributed by atoms with Gasteiger partial charge in [-0.3, -0.25) is 0 Å². The van der Waals surface area contributed by atoms with Crippen molar-refractivity contribution in [2.75, 3.05) is 0 Å². The number of hydrogen-bond donors (Lipinski definition) is 1. The molecule has 0 saturated heterocycles. The third-order valence-corrected chi connectivity index (χ3v) is 6.14. The van der Waals surface area contributed by atoms with Crippen molar-refractivity contribution < 1.29 is 5.11 Å². The van der Waals surface area contributed by atoms with Crippen molar-refractivity contribution in [3.8, 4) is 22.3 Å². The van der Waals surface area contributed by atoms with E-state index in [-0.39, 0.29) is 6.61 Å². The average Bonchev–Trinajstić information content (AvgIpc) is 3.13. The Morgan fingerprint density at radius 3 is 2.16 bits per heavy atom. The van der Waals surface area contributed by atoms with Gasteiger partial charge >= 0.3 is 0 Å². The molecule has 0 aliphatic heterocycles. The van der Waals surface area contributed by atoms with Crippen LogP contribution in [0.4, 0.5) is 5.69 Å². The van der Waals surface area contributed by atoms with Crippen LogP contribution in [0.2, 0.25) is 0 Å². The van der Waals surface area contributed by atoms with Gasteiger partial charge in [0.05, 0.1) is 18.0 Å². The van der Waals surface area contributed by atoms with Crippen LogP contribution in [0.5, 0.6) is 0 Å². The van der Waals surface area contributed by atoms with Gasteiger partial charge in [-0.25, -0.2) is 4.99 Å². The summed E-state index contributed by atoms with van der Waals surface area (Å²) in [6.07, 6.45) is 0.958. The van der Waals surface area contributed by atoms with E-state index in [1.807, 2.05) is 12.1 Å². The van der Waals surface area contributed by atoms with Crippen molar-refractivity contribution in [3.63, 3.8) is 0 Å². The summed E-state index contributed by atoms with van der Waals surface area (Å²) in [7, 11) is 0. The van der Waals surface area contributed by atoms with Gasteiger partial charge in [-0.15, -0.1) is 0 Å². The topological polar surface area (TPSA) is 32.6 Å². The number of fused-ring (bicyclic) bond motifs is 3. The molecule has 4 aromatic rings. The summed E-state index contributed by atoms with van der Waals surface area (Å²) in [5, 5.41) is 9.35. The van der Waals surface area contributed by atoms with E-state index in [0.29, 0.717) is 0 Å². The fourth-order valence-corrected chi connectivity index (χ4v) is 4.42.